The highest BCUT2D eigenvalue weighted by Crippen LogP contribution is 2.33. The van der Waals surface area contributed by atoms with Crippen LogP contribution in [0.2, 0.25) is 0 Å². The molecule has 0 saturated heterocycles. The van der Waals surface area contributed by atoms with Crippen LogP contribution >= 0.6 is 0 Å². The number of carbonyl (C=O) groups is 1. The molecular weight excluding hydrogens is 252 g/mol. The van der Waals surface area contributed by atoms with Gasteiger partial charge in [0.2, 0.25) is 0 Å². The number of carbonyl (C=O) groups excluding carboxylic acids is 1. The van der Waals surface area contributed by atoms with Crippen molar-refractivity contribution < 1.29 is 9.90 Å². The number of amides is 1. The van der Waals surface area contributed by atoms with E-state index in [0.29, 0.717) is 5.69 Å². The summed E-state index contributed by atoms with van der Waals surface area (Å²) >= 11 is 0. The largest absolute Gasteiger partial charge is 0.394 e. The van der Waals surface area contributed by atoms with E-state index in [2.05, 4.69) is 24.1 Å². The van der Waals surface area contributed by atoms with Crippen LogP contribution in [0.15, 0.2) is 12.1 Å². The van der Waals surface area contributed by atoms with Crippen molar-refractivity contribution in [2.24, 2.45) is 5.41 Å². The van der Waals surface area contributed by atoms with Gasteiger partial charge >= 0.3 is 0 Å². The predicted octanol–water partition coefficient (Wildman–Crippen LogP) is 2.10. The van der Waals surface area contributed by atoms with Gasteiger partial charge in [-0.25, -0.2) is 4.98 Å². The third-order valence-electron chi connectivity index (χ3n) is 3.87. The second-order valence-corrected chi connectivity index (χ2v) is 7.14. The maximum atomic E-state index is 12.2. The van der Waals surface area contributed by atoms with Gasteiger partial charge in [0.05, 0.1) is 12.1 Å². The van der Waals surface area contributed by atoms with E-state index in [1.54, 1.807) is 19.9 Å². The molecule has 2 rings (SSSR count). The van der Waals surface area contributed by atoms with E-state index in [0.717, 1.165) is 25.0 Å². The molecule has 0 spiro atoms. The van der Waals surface area contributed by atoms with Gasteiger partial charge in [-0.15, -0.1) is 0 Å². The SMILES string of the molecule is CC1(C)CCc2ccc(C(=O)NC(C)(C)CO)nc2C1. The van der Waals surface area contributed by atoms with E-state index in [1.165, 1.54) is 5.56 Å². The summed E-state index contributed by atoms with van der Waals surface area (Å²) in [4.78, 5) is 16.7. The standard InChI is InChI=1S/C16H24N2O2/c1-15(2)8-7-11-5-6-12(17-13(11)9-15)14(20)18-16(3,4)10-19/h5-6,19H,7-10H2,1-4H3,(H,18,20). The second kappa shape index (κ2) is 5.17. The van der Waals surface area contributed by atoms with Crippen molar-refractivity contribution in [2.75, 3.05) is 6.61 Å². The summed E-state index contributed by atoms with van der Waals surface area (Å²) in [5.41, 5.74) is 2.34. The minimum atomic E-state index is -0.631. The number of rotatable bonds is 3. The summed E-state index contributed by atoms with van der Waals surface area (Å²) < 4.78 is 0. The fourth-order valence-electron chi connectivity index (χ4n) is 2.46. The highest BCUT2D eigenvalue weighted by atomic mass is 16.3. The number of pyridine rings is 1. The van der Waals surface area contributed by atoms with Gasteiger partial charge < -0.3 is 10.4 Å². The molecular formula is C16H24N2O2. The Hall–Kier alpha value is -1.42. The first-order valence-corrected chi connectivity index (χ1v) is 7.15. The van der Waals surface area contributed by atoms with Gasteiger partial charge in [-0.05, 0) is 50.2 Å². The number of aliphatic hydroxyl groups is 1. The van der Waals surface area contributed by atoms with Gasteiger partial charge in [0, 0.05) is 5.69 Å². The first-order chi connectivity index (χ1) is 9.22. The first-order valence-electron chi connectivity index (χ1n) is 7.15. The Morgan fingerprint density at radius 1 is 1.45 bits per heavy atom. The molecule has 0 bridgehead atoms. The lowest BCUT2D eigenvalue weighted by atomic mass is 9.76. The molecule has 0 fully saturated rings. The van der Waals surface area contributed by atoms with Crippen LogP contribution in [0.3, 0.4) is 0 Å². The smallest absolute Gasteiger partial charge is 0.270 e. The van der Waals surface area contributed by atoms with Crippen LogP contribution < -0.4 is 5.32 Å². The molecule has 20 heavy (non-hydrogen) atoms. The molecule has 0 aliphatic heterocycles. The zero-order valence-corrected chi connectivity index (χ0v) is 12.8. The maximum Gasteiger partial charge on any atom is 0.270 e. The van der Waals surface area contributed by atoms with Gasteiger partial charge in [-0.2, -0.15) is 0 Å². The monoisotopic (exact) mass is 276 g/mol. The van der Waals surface area contributed by atoms with Gasteiger partial charge in [-0.1, -0.05) is 19.9 Å². The number of aryl methyl sites for hydroxylation is 1. The molecule has 1 amide bonds. The molecule has 4 nitrogen and oxygen atoms in total. The van der Waals surface area contributed by atoms with E-state index < -0.39 is 5.54 Å². The lowest BCUT2D eigenvalue weighted by Gasteiger charge is -2.30. The zero-order valence-electron chi connectivity index (χ0n) is 12.8. The zero-order chi connectivity index (χ0) is 15.0. The Bertz CT molecular complexity index is 521. The van der Waals surface area contributed by atoms with Gasteiger partial charge in [-0.3, -0.25) is 4.79 Å². The van der Waals surface area contributed by atoms with E-state index in [4.69, 9.17) is 0 Å². The number of aliphatic hydroxyl groups excluding tert-OH is 1. The van der Waals surface area contributed by atoms with E-state index in [-0.39, 0.29) is 17.9 Å². The molecule has 2 N–H and O–H groups in total. The minimum absolute atomic E-state index is 0.100. The van der Waals surface area contributed by atoms with E-state index in [9.17, 15) is 9.90 Å². The van der Waals surface area contributed by atoms with Gasteiger partial charge in [0.25, 0.3) is 5.91 Å². The molecule has 0 aromatic carbocycles. The van der Waals surface area contributed by atoms with Crippen molar-refractivity contribution >= 4 is 5.91 Å². The molecule has 1 aromatic rings. The summed E-state index contributed by atoms with van der Waals surface area (Å²) in [6, 6.07) is 3.79. The van der Waals surface area contributed by atoms with Crippen molar-refractivity contribution in [3.63, 3.8) is 0 Å². The molecule has 1 aliphatic rings. The molecule has 1 aliphatic carbocycles. The number of nitrogens with zero attached hydrogens (tertiary/aromatic N) is 1. The number of aromatic nitrogens is 1. The quantitative estimate of drug-likeness (QED) is 0.888. The van der Waals surface area contributed by atoms with Gasteiger partial charge in [0.1, 0.15) is 5.69 Å². The maximum absolute atomic E-state index is 12.2. The Morgan fingerprint density at radius 2 is 2.15 bits per heavy atom. The predicted molar refractivity (Wildman–Crippen MR) is 78.7 cm³/mol. The van der Waals surface area contributed by atoms with Crippen molar-refractivity contribution in [1.82, 2.24) is 10.3 Å². The summed E-state index contributed by atoms with van der Waals surface area (Å²) in [6.07, 6.45) is 3.09. The molecule has 1 aromatic heterocycles. The highest BCUT2D eigenvalue weighted by Gasteiger charge is 2.27. The summed E-state index contributed by atoms with van der Waals surface area (Å²) in [6.45, 7) is 7.94. The Balaban J connectivity index is 2.21. The second-order valence-electron chi connectivity index (χ2n) is 7.14. The number of hydrogen-bond donors (Lipinski definition) is 2. The van der Waals surface area contributed by atoms with E-state index in [1.807, 2.05) is 6.07 Å². The van der Waals surface area contributed by atoms with Gasteiger partial charge in [0.15, 0.2) is 0 Å². The molecule has 1 heterocycles. The normalized spacial score (nSPS) is 17.4. The fraction of sp³-hybridized carbons (Fsp3) is 0.625. The van der Waals surface area contributed by atoms with Crippen LogP contribution in [-0.2, 0) is 12.8 Å². The minimum Gasteiger partial charge on any atom is -0.394 e. The molecule has 0 atom stereocenters. The summed E-state index contributed by atoms with van der Waals surface area (Å²) in [7, 11) is 0. The van der Waals surface area contributed by atoms with Crippen LogP contribution in [0.5, 0.6) is 0 Å². The van der Waals surface area contributed by atoms with Crippen molar-refractivity contribution in [2.45, 2.75) is 52.5 Å². The summed E-state index contributed by atoms with van der Waals surface area (Å²) in [5.74, 6) is -0.227. The topological polar surface area (TPSA) is 62.2 Å². The fourth-order valence-corrected chi connectivity index (χ4v) is 2.46. The van der Waals surface area contributed by atoms with Crippen molar-refractivity contribution in [1.29, 1.82) is 0 Å². The summed E-state index contributed by atoms with van der Waals surface area (Å²) in [5, 5.41) is 12.0. The molecule has 4 heteroatoms. The van der Waals surface area contributed by atoms with Crippen molar-refractivity contribution in [3.8, 4) is 0 Å². The number of hydrogen-bond acceptors (Lipinski definition) is 3. The Kier molecular flexibility index (Phi) is 3.87. The average molecular weight is 276 g/mol. The van der Waals surface area contributed by atoms with Crippen LogP contribution in [0.25, 0.3) is 0 Å². The van der Waals surface area contributed by atoms with Crippen LogP contribution in [-0.4, -0.2) is 28.1 Å². The number of nitrogens with one attached hydrogen (secondary N) is 1. The highest BCUT2D eigenvalue weighted by molar-refractivity contribution is 5.92. The third kappa shape index (κ3) is 3.37. The lowest BCUT2D eigenvalue weighted by molar-refractivity contribution is 0.0863. The molecule has 0 radical (unpaired) electrons. The third-order valence-corrected chi connectivity index (χ3v) is 3.87. The molecule has 0 unspecified atom stereocenters. The Morgan fingerprint density at radius 3 is 2.80 bits per heavy atom. The molecule has 110 valence electrons. The van der Waals surface area contributed by atoms with Crippen LogP contribution in [0.1, 0.15) is 55.9 Å². The lowest BCUT2D eigenvalue weighted by Crippen LogP contribution is -2.46. The van der Waals surface area contributed by atoms with Crippen molar-refractivity contribution in [3.05, 3.63) is 29.1 Å². The van der Waals surface area contributed by atoms with E-state index >= 15 is 0 Å². The Labute approximate surface area is 120 Å². The average Bonchev–Trinajstić information content (AvgIpc) is 2.36. The van der Waals surface area contributed by atoms with Crippen LogP contribution in [0, 0.1) is 5.41 Å². The van der Waals surface area contributed by atoms with Crippen LogP contribution in [0.4, 0.5) is 0 Å². The first kappa shape index (κ1) is 15.0. The number of fused-ring (bicyclic) bond motifs is 1. The molecule has 0 saturated carbocycles.